The molecule has 50 heavy (non-hydrogen) atoms. The van der Waals surface area contributed by atoms with Crippen molar-refractivity contribution in [3.8, 4) is 0 Å². The van der Waals surface area contributed by atoms with E-state index in [1.807, 2.05) is 0 Å². The highest BCUT2D eigenvalue weighted by atomic mass is 16.2. The quantitative estimate of drug-likeness (QED) is 0.185. The summed E-state index contributed by atoms with van der Waals surface area (Å²) < 4.78 is 0. The molecule has 2 atom stereocenters. The molecule has 3 aliphatic rings. The average molecular weight is 705 g/mol. The van der Waals surface area contributed by atoms with Gasteiger partial charge in [0.2, 0.25) is 47.3 Å². The van der Waals surface area contributed by atoms with Gasteiger partial charge < -0.3 is 41.7 Å². The Labute approximate surface area is 294 Å². The third-order valence-electron chi connectivity index (χ3n) is 9.41. The van der Waals surface area contributed by atoms with Gasteiger partial charge in [-0.3, -0.25) is 38.4 Å². The van der Waals surface area contributed by atoms with Crippen LogP contribution in [-0.2, 0) is 38.4 Å². The van der Waals surface area contributed by atoms with Gasteiger partial charge in [0.15, 0.2) is 0 Å². The molecule has 2 saturated carbocycles. The number of hydrogen-bond donors (Lipinski definition) is 6. The van der Waals surface area contributed by atoms with Crippen LogP contribution in [0.4, 0.5) is 0 Å². The zero-order chi connectivity index (χ0) is 36.8. The van der Waals surface area contributed by atoms with Crippen molar-refractivity contribution in [2.45, 2.75) is 116 Å². The molecule has 0 bridgehead atoms. The number of amides is 8. The number of hydrogen-bond acceptors (Lipinski definition) is 8. The molecule has 16 heteroatoms. The summed E-state index contributed by atoms with van der Waals surface area (Å²) in [4.78, 5) is 108. The third kappa shape index (κ3) is 12.6. The standard InChI is InChI=1S/C34H56N8O8/c1-21(2)31(33(49)39-23-11-7-5-8-12-23)41-19-27(45)35-15-26(44)38-18-30(48)42(20-28(46)36-16-25(43)37-17-29(41)47)32(22(3)4)34(50)40-24-13-9-6-10-14-24/h21-24,31-32H,5-20H2,1-4H3,(H,35,45)(H,36,46)(H,37,43)(H,38,44)(H,39,49)(H,40,50). The van der Waals surface area contributed by atoms with E-state index in [9.17, 15) is 38.4 Å². The second-order valence-corrected chi connectivity index (χ2v) is 14.2. The summed E-state index contributed by atoms with van der Waals surface area (Å²) in [6, 6.07) is -2.18. The van der Waals surface area contributed by atoms with Crippen molar-refractivity contribution in [3.05, 3.63) is 0 Å². The lowest BCUT2D eigenvalue weighted by atomic mass is 9.94. The lowest BCUT2D eigenvalue weighted by Gasteiger charge is -2.35. The van der Waals surface area contributed by atoms with Crippen LogP contribution in [0.5, 0.6) is 0 Å². The van der Waals surface area contributed by atoms with Crippen molar-refractivity contribution in [1.29, 1.82) is 0 Å². The number of nitrogens with one attached hydrogen (secondary N) is 6. The molecule has 0 radical (unpaired) electrons. The van der Waals surface area contributed by atoms with Crippen LogP contribution in [0.15, 0.2) is 0 Å². The van der Waals surface area contributed by atoms with Gasteiger partial charge in [-0.05, 0) is 37.5 Å². The van der Waals surface area contributed by atoms with Crippen LogP contribution >= 0.6 is 0 Å². The highest BCUT2D eigenvalue weighted by Crippen LogP contribution is 2.21. The second-order valence-electron chi connectivity index (χ2n) is 14.2. The van der Waals surface area contributed by atoms with E-state index >= 15 is 0 Å². The van der Waals surface area contributed by atoms with Crippen molar-refractivity contribution in [2.24, 2.45) is 11.8 Å². The zero-order valence-corrected chi connectivity index (χ0v) is 29.9. The topological polar surface area (TPSA) is 215 Å². The van der Waals surface area contributed by atoms with Gasteiger partial charge >= 0.3 is 0 Å². The van der Waals surface area contributed by atoms with E-state index in [-0.39, 0.29) is 12.1 Å². The molecular weight excluding hydrogens is 648 g/mol. The highest BCUT2D eigenvalue weighted by Gasteiger charge is 2.37. The largest absolute Gasteiger partial charge is 0.352 e. The first-order chi connectivity index (χ1) is 23.8. The van der Waals surface area contributed by atoms with Crippen LogP contribution in [0.3, 0.4) is 0 Å². The third-order valence-corrected chi connectivity index (χ3v) is 9.41. The molecule has 1 heterocycles. The fraction of sp³-hybridized carbons (Fsp3) is 0.765. The normalized spacial score (nSPS) is 21.7. The molecule has 280 valence electrons. The first-order valence-corrected chi connectivity index (χ1v) is 18.0. The summed E-state index contributed by atoms with van der Waals surface area (Å²) in [6.45, 7) is 3.62. The Morgan fingerprint density at radius 2 is 0.840 bits per heavy atom. The average Bonchev–Trinajstić information content (AvgIpc) is 3.07. The van der Waals surface area contributed by atoms with Crippen LogP contribution in [0, 0.1) is 11.8 Å². The summed E-state index contributed by atoms with van der Waals surface area (Å²) in [6.07, 6.45) is 9.33. The van der Waals surface area contributed by atoms with Crippen LogP contribution in [-0.4, -0.2) is 120 Å². The maximum Gasteiger partial charge on any atom is 0.243 e. The van der Waals surface area contributed by atoms with Crippen molar-refractivity contribution in [3.63, 3.8) is 0 Å². The van der Waals surface area contributed by atoms with E-state index in [1.165, 1.54) is 0 Å². The molecule has 0 aromatic carbocycles. The summed E-state index contributed by atoms with van der Waals surface area (Å²) in [7, 11) is 0. The number of carbonyl (C=O) groups excluding carboxylic acids is 8. The van der Waals surface area contributed by atoms with E-state index in [0.717, 1.165) is 74.0 Å². The molecule has 3 fully saturated rings. The summed E-state index contributed by atoms with van der Waals surface area (Å²) in [5.74, 6) is -5.93. The Kier molecular flexibility index (Phi) is 15.9. The van der Waals surface area contributed by atoms with E-state index < -0.39 is 110 Å². The molecule has 1 aliphatic heterocycles. The van der Waals surface area contributed by atoms with Gasteiger partial charge in [0.25, 0.3) is 0 Å². The summed E-state index contributed by atoms with van der Waals surface area (Å²) >= 11 is 0. The molecule has 0 aromatic rings. The van der Waals surface area contributed by atoms with Gasteiger partial charge in [0, 0.05) is 12.1 Å². The number of carbonyl (C=O) groups is 8. The summed E-state index contributed by atoms with van der Waals surface area (Å²) in [5.41, 5.74) is 0. The Hall–Kier alpha value is -4.24. The monoisotopic (exact) mass is 704 g/mol. The van der Waals surface area contributed by atoms with Crippen LogP contribution < -0.4 is 31.9 Å². The maximum absolute atomic E-state index is 13.5. The first kappa shape index (κ1) is 40.2. The fourth-order valence-corrected chi connectivity index (χ4v) is 6.81. The molecule has 1 saturated heterocycles. The molecular formula is C34H56N8O8. The van der Waals surface area contributed by atoms with Gasteiger partial charge in [-0.2, -0.15) is 0 Å². The van der Waals surface area contributed by atoms with Gasteiger partial charge in [-0.25, -0.2) is 0 Å². The highest BCUT2D eigenvalue weighted by molar-refractivity contribution is 5.96. The minimum atomic E-state index is -1.04. The van der Waals surface area contributed by atoms with Crippen LogP contribution in [0.2, 0.25) is 0 Å². The lowest BCUT2D eigenvalue weighted by molar-refractivity contribution is -0.146. The molecule has 8 amide bonds. The fourth-order valence-electron chi connectivity index (χ4n) is 6.81. The SMILES string of the molecule is CC(C)C(C(=O)NC1CCCCC1)N1CC(=O)NCC(=O)NCC(=O)N(C(C(=O)NC2CCCCC2)C(C)C)CC(=O)NCC(=O)NCC1=O. The van der Waals surface area contributed by atoms with E-state index in [2.05, 4.69) is 31.9 Å². The number of rotatable bonds is 8. The Morgan fingerprint density at radius 1 is 0.520 bits per heavy atom. The van der Waals surface area contributed by atoms with E-state index in [1.54, 1.807) is 27.7 Å². The predicted octanol–water partition coefficient (Wildman–Crippen LogP) is -0.931. The minimum absolute atomic E-state index is 0.0467. The smallest absolute Gasteiger partial charge is 0.243 e. The Balaban J connectivity index is 1.78. The van der Waals surface area contributed by atoms with Crippen molar-refractivity contribution in [2.75, 3.05) is 39.3 Å². The van der Waals surface area contributed by atoms with Gasteiger partial charge in [0.1, 0.15) is 25.2 Å². The first-order valence-electron chi connectivity index (χ1n) is 18.0. The van der Waals surface area contributed by atoms with Crippen LogP contribution in [0.25, 0.3) is 0 Å². The van der Waals surface area contributed by atoms with Crippen molar-refractivity contribution < 1.29 is 38.4 Å². The zero-order valence-electron chi connectivity index (χ0n) is 29.9. The molecule has 2 aliphatic carbocycles. The van der Waals surface area contributed by atoms with Gasteiger partial charge in [-0.1, -0.05) is 66.2 Å². The summed E-state index contributed by atoms with van der Waals surface area (Å²) in [5, 5.41) is 15.7. The molecule has 16 nitrogen and oxygen atoms in total. The lowest BCUT2D eigenvalue weighted by Crippen LogP contribution is -2.59. The van der Waals surface area contributed by atoms with Gasteiger partial charge in [0.05, 0.1) is 26.2 Å². The van der Waals surface area contributed by atoms with Gasteiger partial charge in [-0.15, -0.1) is 0 Å². The molecule has 2 unspecified atom stereocenters. The predicted molar refractivity (Wildman–Crippen MR) is 183 cm³/mol. The molecule has 3 rings (SSSR count). The van der Waals surface area contributed by atoms with E-state index in [0.29, 0.717) is 0 Å². The minimum Gasteiger partial charge on any atom is -0.352 e. The van der Waals surface area contributed by atoms with Crippen molar-refractivity contribution >= 4 is 47.3 Å². The maximum atomic E-state index is 13.5. The van der Waals surface area contributed by atoms with Crippen LogP contribution in [0.1, 0.15) is 91.9 Å². The Bertz CT molecular complexity index is 1150. The number of nitrogens with zero attached hydrogens (tertiary/aromatic N) is 2. The molecule has 6 N–H and O–H groups in total. The second kappa shape index (κ2) is 19.8. The molecule has 0 spiro atoms. The van der Waals surface area contributed by atoms with Crippen molar-refractivity contribution in [1.82, 2.24) is 41.7 Å². The Morgan fingerprint density at radius 3 is 1.16 bits per heavy atom. The van der Waals surface area contributed by atoms with E-state index in [4.69, 9.17) is 0 Å². The molecule has 0 aromatic heterocycles.